The van der Waals surface area contributed by atoms with E-state index in [-0.39, 0.29) is 6.61 Å². The molecule has 4 heteroatoms. The molecule has 0 aliphatic heterocycles. The maximum Gasteiger partial charge on any atom is 0.350 e. The van der Waals surface area contributed by atoms with E-state index in [4.69, 9.17) is 4.74 Å². The number of hydrogen-bond acceptors (Lipinski definition) is 4. The summed E-state index contributed by atoms with van der Waals surface area (Å²) < 4.78 is 9.33. The fraction of sp³-hybridized carbons (Fsp3) is 0.444. The van der Waals surface area contributed by atoms with Gasteiger partial charge in [0.15, 0.2) is 0 Å². The number of hydrogen-bond donors (Lipinski definition) is 0. The van der Waals surface area contributed by atoms with Crippen LogP contribution in [0.5, 0.6) is 0 Å². The SMILES string of the molecule is [CH2]C(=O)OC(C)(C)C(=O)OCC=C. The van der Waals surface area contributed by atoms with Gasteiger partial charge in [-0.1, -0.05) is 12.7 Å². The maximum absolute atomic E-state index is 11.2. The Labute approximate surface area is 77.5 Å². The Morgan fingerprint density at radius 3 is 2.38 bits per heavy atom. The average molecular weight is 185 g/mol. The summed E-state index contributed by atoms with van der Waals surface area (Å²) in [6, 6.07) is 0. The smallest absolute Gasteiger partial charge is 0.350 e. The predicted molar refractivity (Wildman–Crippen MR) is 46.7 cm³/mol. The van der Waals surface area contributed by atoms with Crippen molar-refractivity contribution in [1.29, 1.82) is 0 Å². The van der Waals surface area contributed by atoms with Gasteiger partial charge in [0, 0.05) is 0 Å². The lowest BCUT2D eigenvalue weighted by Gasteiger charge is -2.21. The highest BCUT2D eigenvalue weighted by Crippen LogP contribution is 2.11. The Hall–Kier alpha value is -1.32. The minimum Gasteiger partial charge on any atom is -0.459 e. The molecular weight excluding hydrogens is 172 g/mol. The first-order valence-corrected chi connectivity index (χ1v) is 3.73. The minimum atomic E-state index is -1.29. The fourth-order valence-corrected chi connectivity index (χ4v) is 0.635. The van der Waals surface area contributed by atoms with Crippen LogP contribution in [0.3, 0.4) is 0 Å². The molecule has 0 aromatic carbocycles. The number of esters is 2. The molecule has 0 aromatic rings. The first-order valence-electron chi connectivity index (χ1n) is 3.73. The van der Waals surface area contributed by atoms with Gasteiger partial charge < -0.3 is 9.47 Å². The number of carbonyl (C=O) groups is 2. The summed E-state index contributed by atoms with van der Waals surface area (Å²) in [6.45, 7) is 9.33. The second-order valence-electron chi connectivity index (χ2n) is 2.87. The van der Waals surface area contributed by atoms with Crippen LogP contribution in [-0.4, -0.2) is 24.1 Å². The quantitative estimate of drug-likeness (QED) is 0.481. The molecule has 4 nitrogen and oxygen atoms in total. The van der Waals surface area contributed by atoms with Crippen molar-refractivity contribution < 1.29 is 19.1 Å². The molecule has 0 rings (SSSR count). The third kappa shape index (κ3) is 4.30. The normalized spacial score (nSPS) is 10.4. The monoisotopic (exact) mass is 185 g/mol. The van der Waals surface area contributed by atoms with E-state index in [1.807, 2.05) is 0 Å². The standard InChI is InChI=1S/C9H13O4/c1-5-6-12-8(11)9(3,4)13-7(2)10/h5H,1-2,6H2,3-4H3. The van der Waals surface area contributed by atoms with E-state index >= 15 is 0 Å². The van der Waals surface area contributed by atoms with Crippen molar-refractivity contribution in [3.05, 3.63) is 19.6 Å². The van der Waals surface area contributed by atoms with Gasteiger partial charge in [0.1, 0.15) is 6.61 Å². The third-order valence-electron chi connectivity index (χ3n) is 1.19. The van der Waals surface area contributed by atoms with E-state index in [1.165, 1.54) is 19.9 Å². The van der Waals surface area contributed by atoms with Crippen LogP contribution in [0.1, 0.15) is 13.8 Å². The Morgan fingerprint density at radius 2 is 2.00 bits per heavy atom. The summed E-state index contributed by atoms with van der Waals surface area (Å²) >= 11 is 0. The zero-order valence-electron chi connectivity index (χ0n) is 7.83. The molecule has 0 atom stereocenters. The van der Waals surface area contributed by atoms with Crippen LogP contribution < -0.4 is 0 Å². The van der Waals surface area contributed by atoms with Crippen LogP contribution in [0.15, 0.2) is 12.7 Å². The summed E-state index contributed by atoms with van der Waals surface area (Å²) in [6.07, 6.45) is 1.43. The topological polar surface area (TPSA) is 52.6 Å². The molecule has 0 spiro atoms. The number of rotatable bonds is 4. The largest absolute Gasteiger partial charge is 0.459 e. The van der Waals surface area contributed by atoms with E-state index in [9.17, 15) is 9.59 Å². The van der Waals surface area contributed by atoms with Crippen LogP contribution in [0.25, 0.3) is 0 Å². The molecular formula is C9H13O4. The molecule has 0 aliphatic carbocycles. The summed E-state index contributed by atoms with van der Waals surface area (Å²) in [7, 11) is 0. The van der Waals surface area contributed by atoms with Crippen LogP contribution in [-0.2, 0) is 19.1 Å². The van der Waals surface area contributed by atoms with Gasteiger partial charge in [-0.15, -0.1) is 0 Å². The average Bonchev–Trinajstić information content (AvgIpc) is 1.97. The Morgan fingerprint density at radius 1 is 1.46 bits per heavy atom. The van der Waals surface area contributed by atoms with E-state index in [2.05, 4.69) is 18.2 Å². The highest BCUT2D eigenvalue weighted by molar-refractivity contribution is 5.83. The molecule has 0 bridgehead atoms. The lowest BCUT2D eigenvalue weighted by molar-refractivity contribution is -0.174. The molecule has 0 fully saturated rings. The molecule has 0 N–H and O–H groups in total. The van der Waals surface area contributed by atoms with Gasteiger partial charge in [-0.05, 0) is 13.8 Å². The second-order valence-corrected chi connectivity index (χ2v) is 2.87. The van der Waals surface area contributed by atoms with Crippen LogP contribution in [0.4, 0.5) is 0 Å². The lowest BCUT2D eigenvalue weighted by Crippen LogP contribution is -2.38. The van der Waals surface area contributed by atoms with Crippen LogP contribution in [0, 0.1) is 6.92 Å². The van der Waals surface area contributed by atoms with E-state index in [0.29, 0.717) is 0 Å². The lowest BCUT2D eigenvalue weighted by atomic mass is 10.1. The molecule has 13 heavy (non-hydrogen) atoms. The van der Waals surface area contributed by atoms with Crippen molar-refractivity contribution in [2.75, 3.05) is 6.61 Å². The van der Waals surface area contributed by atoms with Gasteiger partial charge in [0.25, 0.3) is 0 Å². The summed E-state index contributed by atoms with van der Waals surface area (Å²) in [5, 5.41) is 0. The van der Waals surface area contributed by atoms with E-state index < -0.39 is 17.5 Å². The Bertz CT molecular complexity index is 218. The summed E-state index contributed by atoms with van der Waals surface area (Å²) in [4.78, 5) is 21.7. The van der Waals surface area contributed by atoms with Crippen molar-refractivity contribution in [1.82, 2.24) is 0 Å². The number of ether oxygens (including phenoxy) is 2. The van der Waals surface area contributed by atoms with Gasteiger partial charge >= 0.3 is 11.9 Å². The molecule has 0 aromatic heterocycles. The molecule has 0 unspecified atom stereocenters. The van der Waals surface area contributed by atoms with Crippen molar-refractivity contribution in [2.24, 2.45) is 0 Å². The molecule has 0 heterocycles. The van der Waals surface area contributed by atoms with E-state index in [1.54, 1.807) is 0 Å². The van der Waals surface area contributed by atoms with Gasteiger partial charge in [-0.3, -0.25) is 4.79 Å². The first-order chi connectivity index (χ1) is 5.90. The van der Waals surface area contributed by atoms with Gasteiger partial charge in [0.05, 0.1) is 6.92 Å². The fourth-order valence-electron chi connectivity index (χ4n) is 0.635. The summed E-state index contributed by atoms with van der Waals surface area (Å²) in [5.74, 6) is -1.38. The van der Waals surface area contributed by atoms with Crippen LogP contribution in [0.2, 0.25) is 0 Å². The predicted octanol–water partition coefficient (Wildman–Crippen LogP) is 0.871. The molecule has 1 radical (unpaired) electrons. The Balaban J connectivity index is 4.18. The number of carbonyl (C=O) groups excluding carboxylic acids is 2. The summed E-state index contributed by atoms with van der Waals surface area (Å²) in [5.41, 5.74) is -1.29. The van der Waals surface area contributed by atoms with Crippen molar-refractivity contribution in [3.8, 4) is 0 Å². The van der Waals surface area contributed by atoms with Gasteiger partial charge in [0.2, 0.25) is 5.60 Å². The maximum atomic E-state index is 11.2. The van der Waals surface area contributed by atoms with E-state index in [0.717, 1.165) is 0 Å². The highest BCUT2D eigenvalue weighted by atomic mass is 16.6. The van der Waals surface area contributed by atoms with Gasteiger partial charge in [-0.25, -0.2) is 4.79 Å². The van der Waals surface area contributed by atoms with Gasteiger partial charge in [-0.2, -0.15) is 0 Å². The molecule has 0 aliphatic rings. The molecule has 0 saturated carbocycles. The first kappa shape index (κ1) is 11.7. The molecule has 0 saturated heterocycles. The third-order valence-corrected chi connectivity index (χ3v) is 1.19. The van der Waals surface area contributed by atoms with Crippen molar-refractivity contribution >= 4 is 11.9 Å². The molecule has 0 amide bonds. The van der Waals surface area contributed by atoms with Crippen molar-refractivity contribution in [2.45, 2.75) is 19.4 Å². The Kier molecular flexibility index (Phi) is 4.17. The second kappa shape index (κ2) is 4.64. The van der Waals surface area contributed by atoms with Crippen molar-refractivity contribution in [3.63, 3.8) is 0 Å². The zero-order chi connectivity index (χ0) is 10.5. The minimum absolute atomic E-state index is 0.0942. The van der Waals surface area contributed by atoms with Crippen LogP contribution >= 0.6 is 0 Å². The zero-order valence-corrected chi connectivity index (χ0v) is 7.83. The highest BCUT2D eigenvalue weighted by Gasteiger charge is 2.32. The molecule has 73 valence electrons.